The molecular weight excluding hydrogens is 340 g/mol. The van der Waals surface area contributed by atoms with E-state index in [-0.39, 0.29) is 5.60 Å². The van der Waals surface area contributed by atoms with Gasteiger partial charge in [-0.25, -0.2) is 4.99 Å². The number of rotatable bonds is 7. The largest absolute Gasteiger partial charge is 0.488 e. The zero-order valence-corrected chi connectivity index (χ0v) is 17.5. The van der Waals surface area contributed by atoms with Gasteiger partial charge in [0, 0.05) is 37.8 Å². The summed E-state index contributed by atoms with van der Waals surface area (Å²) in [5, 5.41) is 6.81. The zero-order chi connectivity index (χ0) is 19.7. The van der Waals surface area contributed by atoms with Crippen LogP contribution in [0.3, 0.4) is 0 Å². The summed E-state index contributed by atoms with van der Waals surface area (Å²) in [5.41, 5.74) is 0.863. The third kappa shape index (κ3) is 7.77. The standard InChI is InChI=1S/C21H36N4O2/c1-6-22-20(23-15-17(2)25-11-13-26-14-12-25)24-16-18-9-7-8-10-19(18)27-21(3,4)5/h7-10,17H,6,11-16H2,1-5H3,(H2,22,23,24). The van der Waals surface area contributed by atoms with Gasteiger partial charge in [0.05, 0.1) is 19.8 Å². The quantitative estimate of drug-likeness (QED) is 0.566. The Morgan fingerprint density at radius 3 is 2.59 bits per heavy atom. The average Bonchev–Trinajstić information content (AvgIpc) is 2.64. The van der Waals surface area contributed by atoms with Crippen molar-refractivity contribution in [2.75, 3.05) is 39.4 Å². The molecule has 0 aliphatic carbocycles. The summed E-state index contributed by atoms with van der Waals surface area (Å²) in [6.07, 6.45) is 0. The average molecular weight is 377 g/mol. The molecule has 1 aromatic rings. The minimum atomic E-state index is -0.226. The maximum Gasteiger partial charge on any atom is 0.191 e. The number of benzene rings is 1. The summed E-state index contributed by atoms with van der Waals surface area (Å²) in [6.45, 7) is 16.4. The first kappa shape index (κ1) is 21.5. The van der Waals surface area contributed by atoms with Crippen molar-refractivity contribution in [3.05, 3.63) is 29.8 Å². The van der Waals surface area contributed by atoms with E-state index in [0.29, 0.717) is 12.6 Å². The molecule has 1 saturated heterocycles. The van der Waals surface area contributed by atoms with Gasteiger partial charge in [-0.1, -0.05) is 18.2 Å². The van der Waals surface area contributed by atoms with Gasteiger partial charge < -0.3 is 20.1 Å². The predicted molar refractivity (Wildman–Crippen MR) is 111 cm³/mol. The van der Waals surface area contributed by atoms with Gasteiger partial charge in [-0.3, -0.25) is 4.90 Å². The van der Waals surface area contributed by atoms with Crippen LogP contribution in [-0.4, -0.2) is 61.9 Å². The van der Waals surface area contributed by atoms with E-state index >= 15 is 0 Å². The molecule has 0 bridgehead atoms. The zero-order valence-electron chi connectivity index (χ0n) is 17.5. The Morgan fingerprint density at radius 1 is 1.22 bits per heavy atom. The number of hydrogen-bond acceptors (Lipinski definition) is 4. The van der Waals surface area contributed by atoms with Gasteiger partial charge in [0.25, 0.3) is 0 Å². The first-order valence-corrected chi connectivity index (χ1v) is 10.00. The van der Waals surface area contributed by atoms with Crippen molar-refractivity contribution in [2.45, 2.75) is 52.8 Å². The summed E-state index contributed by atoms with van der Waals surface area (Å²) >= 11 is 0. The molecule has 0 spiro atoms. The van der Waals surface area contributed by atoms with E-state index in [9.17, 15) is 0 Å². The summed E-state index contributed by atoms with van der Waals surface area (Å²) in [6, 6.07) is 8.55. The molecule has 1 atom stereocenters. The first-order valence-electron chi connectivity index (χ1n) is 10.00. The Balaban J connectivity index is 1.96. The molecule has 2 rings (SSSR count). The minimum Gasteiger partial charge on any atom is -0.488 e. The van der Waals surface area contributed by atoms with E-state index in [1.165, 1.54) is 0 Å². The second kappa shape index (κ2) is 10.5. The van der Waals surface area contributed by atoms with Crippen LogP contribution in [0, 0.1) is 0 Å². The molecule has 1 aromatic carbocycles. The molecule has 6 nitrogen and oxygen atoms in total. The van der Waals surface area contributed by atoms with E-state index < -0.39 is 0 Å². The van der Waals surface area contributed by atoms with Gasteiger partial charge in [-0.2, -0.15) is 0 Å². The van der Waals surface area contributed by atoms with Crippen LogP contribution in [0.15, 0.2) is 29.3 Å². The Labute approximate surface area is 164 Å². The van der Waals surface area contributed by atoms with Crippen LogP contribution in [0.4, 0.5) is 0 Å². The molecule has 1 aliphatic rings. The molecule has 0 radical (unpaired) electrons. The van der Waals surface area contributed by atoms with Crippen LogP contribution >= 0.6 is 0 Å². The van der Waals surface area contributed by atoms with Crippen LogP contribution in [0.25, 0.3) is 0 Å². The van der Waals surface area contributed by atoms with Gasteiger partial charge in [-0.05, 0) is 40.7 Å². The summed E-state index contributed by atoms with van der Waals surface area (Å²) in [5.74, 6) is 1.73. The van der Waals surface area contributed by atoms with Gasteiger partial charge in [-0.15, -0.1) is 0 Å². The van der Waals surface area contributed by atoms with E-state index in [4.69, 9.17) is 14.5 Å². The van der Waals surface area contributed by atoms with Crippen LogP contribution < -0.4 is 15.4 Å². The molecule has 27 heavy (non-hydrogen) atoms. The number of guanidine groups is 1. The molecular formula is C21H36N4O2. The van der Waals surface area contributed by atoms with E-state index in [0.717, 1.165) is 56.7 Å². The lowest BCUT2D eigenvalue weighted by atomic mass is 10.1. The van der Waals surface area contributed by atoms with Gasteiger partial charge in [0.2, 0.25) is 0 Å². The van der Waals surface area contributed by atoms with Crippen LogP contribution in [0.2, 0.25) is 0 Å². The highest BCUT2D eigenvalue weighted by Crippen LogP contribution is 2.23. The Hall–Kier alpha value is -1.79. The fourth-order valence-corrected chi connectivity index (χ4v) is 2.96. The highest BCUT2D eigenvalue weighted by atomic mass is 16.5. The van der Waals surface area contributed by atoms with Crippen molar-refractivity contribution in [3.8, 4) is 5.75 Å². The third-order valence-electron chi connectivity index (χ3n) is 4.37. The second-order valence-corrected chi connectivity index (χ2v) is 7.90. The SMILES string of the molecule is CCNC(=NCc1ccccc1OC(C)(C)C)NCC(C)N1CCOCC1. The molecule has 6 heteroatoms. The summed E-state index contributed by atoms with van der Waals surface area (Å²) in [4.78, 5) is 7.21. The first-order chi connectivity index (χ1) is 12.9. The highest BCUT2D eigenvalue weighted by Gasteiger charge is 2.17. The van der Waals surface area contributed by atoms with Gasteiger partial charge in [0.15, 0.2) is 5.96 Å². The van der Waals surface area contributed by atoms with E-state index in [1.54, 1.807) is 0 Å². The van der Waals surface area contributed by atoms with E-state index in [1.807, 2.05) is 18.2 Å². The molecule has 152 valence electrons. The maximum absolute atomic E-state index is 6.07. The van der Waals surface area contributed by atoms with Crippen molar-refractivity contribution in [2.24, 2.45) is 4.99 Å². The van der Waals surface area contributed by atoms with Crippen molar-refractivity contribution in [1.82, 2.24) is 15.5 Å². The molecule has 0 saturated carbocycles. The second-order valence-electron chi connectivity index (χ2n) is 7.90. The van der Waals surface area contributed by atoms with Crippen LogP contribution in [0.5, 0.6) is 5.75 Å². The molecule has 1 aliphatic heterocycles. The molecule has 2 N–H and O–H groups in total. The molecule has 1 fully saturated rings. The lowest BCUT2D eigenvalue weighted by molar-refractivity contribution is 0.0211. The highest BCUT2D eigenvalue weighted by molar-refractivity contribution is 5.79. The monoisotopic (exact) mass is 376 g/mol. The predicted octanol–water partition coefficient (Wildman–Crippen LogP) is 2.64. The smallest absolute Gasteiger partial charge is 0.191 e. The van der Waals surface area contributed by atoms with Gasteiger partial charge >= 0.3 is 0 Å². The lowest BCUT2D eigenvalue weighted by Gasteiger charge is -2.32. The number of aliphatic imine (C=N–C) groups is 1. The van der Waals surface area contributed by atoms with Crippen LogP contribution in [-0.2, 0) is 11.3 Å². The minimum absolute atomic E-state index is 0.226. The fraction of sp³-hybridized carbons (Fsp3) is 0.667. The van der Waals surface area contributed by atoms with Crippen molar-refractivity contribution in [1.29, 1.82) is 0 Å². The summed E-state index contributed by atoms with van der Waals surface area (Å²) in [7, 11) is 0. The third-order valence-corrected chi connectivity index (χ3v) is 4.37. The molecule has 1 unspecified atom stereocenters. The lowest BCUT2D eigenvalue weighted by Crippen LogP contribution is -2.49. The number of para-hydroxylation sites is 1. The number of morpholine rings is 1. The topological polar surface area (TPSA) is 58.1 Å². The normalized spacial score (nSPS) is 17.4. The number of nitrogens with one attached hydrogen (secondary N) is 2. The van der Waals surface area contributed by atoms with Crippen molar-refractivity contribution < 1.29 is 9.47 Å². The van der Waals surface area contributed by atoms with Gasteiger partial charge in [0.1, 0.15) is 11.4 Å². The fourth-order valence-electron chi connectivity index (χ4n) is 2.96. The van der Waals surface area contributed by atoms with Crippen molar-refractivity contribution in [3.63, 3.8) is 0 Å². The Bertz CT molecular complexity index is 592. The van der Waals surface area contributed by atoms with Crippen LogP contribution in [0.1, 0.15) is 40.2 Å². The maximum atomic E-state index is 6.07. The Morgan fingerprint density at radius 2 is 1.93 bits per heavy atom. The molecule has 1 heterocycles. The molecule has 0 amide bonds. The number of ether oxygens (including phenoxy) is 2. The van der Waals surface area contributed by atoms with E-state index in [2.05, 4.69) is 56.2 Å². The number of nitrogens with zero attached hydrogens (tertiary/aromatic N) is 2. The summed E-state index contributed by atoms with van der Waals surface area (Å²) < 4.78 is 11.5. The van der Waals surface area contributed by atoms with Crippen molar-refractivity contribution >= 4 is 5.96 Å². The number of hydrogen-bond donors (Lipinski definition) is 2. The molecule has 0 aromatic heterocycles. The Kier molecular flexibility index (Phi) is 8.38.